The van der Waals surface area contributed by atoms with Crippen molar-refractivity contribution in [3.05, 3.63) is 102 Å². The van der Waals surface area contributed by atoms with E-state index in [1.807, 2.05) is 48.5 Å². The molecule has 3 aromatic carbocycles. The summed E-state index contributed by atoms with van der Waals surface area (Å²) in [5.74, 6) is 0.222. The van der Waals surface area contributed by atoms with Gasteiger partial charge in [-0.15, -0.1) is 0 Å². The van der Waals surface area contributed by atoms with Crippen LogP contribution in [0.5, 0.6) is 0 Å². The van der Waals surface area contributed by atoms with Crippen molar-refractivity contribution in [1.29, 1.82) is 0 Å². The van der Waals surface area contributed by atoms with Crippen molar-refractivity contribution in [3.63, 3.8) is 0 Å². The van der Waals surface area contributed by atoms with E-state index >= 15 is 0 Å². The Morgan fingerprint density at radius 3 is 2.19 bits per heavy atom. The quantitative estimate of drug-likeness (QED) is 0.211. The first-order chi connectivity index (χ1) is 15.6. The van der Waals surface area contributed by atoms with Gasteiger partial charge in [0, 0.05) is 16.3 Å². The summed E-state index contributed by atoms with van der Waals surface area (Å²) in [4.78, 5) is 27.3. The molecule has 3 rings (SSSR count). The van der Waals surface area contributed by atoms with Crippen molar-refractivity contribution in [2.45, 2.75) is 6.54 Å². The van der Waals surface area contributed by atoms with Crippen molar-refractivity contribution in [1.82, 2.24) is 5.32 Å². The number of halogens is 1. The maximum atomic E-state index is 12.0. The number of carbonyl (C=O) groups excluding carboxylic acids is 2. The van der Waals surface area contributed by atoms with Crippen LogP contribution in [0.2, 0.25) is 5.02 Å². The number of carbonyl (C=O) groups is 2. The fraction of sp³-hybridized carbons (Fsp3) is 0.0800. The van der Waals surface area contributed by atoms with Gasteiger partial charge in [0.15, 0.2) is 0 Å². The van der Waals surface area contributed by atoms with E-state index in [4.69, 9.17) is 16.3 Å². The molecule has 6 nitrogen and oxygen atoms in total. The van der Waals surface area contributed by atoms with Gasteiger partial charge in [-0.3, -0.25) is 10.1 Å². The minimum Gasteiger partial charge on any atom is -0.445 e. The molecule has 162 valence electrons. The first-order valence-corrected chi connectivity index (χ1v) is 10.2. The highest BCUT2D eigenvalue weighted by Crippen LogP contribution is 2.22. The van der Waals surface area contributed by atoms with E-state index in [9.17, 15) is 9.59 Å². The molecule has 0 aromatic heterocycles. The number of nitrogens with one attached hydrogen (secondary N) is 2. The van der Waals surface area contributed by atoms with Crippen molar-refractivity contribution in [2.24, 2.45) is 4.99 Å². The number of hydrogen-bond donors (Lipinski definition) is 2. The van der Waals surface area contributed by atoms with Crippen molar-refractivity contribution < 1.29 is 14.3 Å². The SMILES string of the molecule is C=CCOC(=O)N/C(=N\Cc1ccc(-c2ccc(Cl)cc2)cc1)Nc1ccc(C=O)cc1. The third-order valence-electron chi connectivity index (χ3n) is 4.41. The molecule has 0 atom stereocenters. The molecule has 2 N–H and O–H groups in total. The van der Waals surface area contributed by atoms with Gasteiger partial charge in [-0.05, 0) is 53.1 Å². The topological polar surface area (TPSA) is 79.8 Å². The van der Waals surface area contributed by atoms with Crippen LogP contribution < -0.4 is 10.6 Å². The Hall–Kier alpha value is -3.90. The summed E-state index contributed by atoms with van der Waals surface area (Å²) in [7, 11) is 0. The molecular formula is C25H22ClN3O3. The van der Waals surface area contributed by atoms with Crippen LogP contribution in [0.4, 0.5) is 10.5 Å². The van der Waals surface area contributed by atoms with Gasteiger partial charge in [0.05, 0.1) is 6.54 Å². The molecule has 0 heterocycles. The first kappa shape index (κ1) is 22.8. The van der Waals surface area contributed by atoms with Crippen LogP contribution in [0.25, 0.3) is 11.1 Å². The lowest BCUT2D eigenvalue weighted by Gasteiger charge is -2.12. The average Bonchev–Trinajstić information content (AvgIpc) is 2.82. The molecular weight excluding hydrogens is 426 g/mol. The van der Waals surface area contributed by atoms with Gasteiger partial charge in [0.2, 0.25) is 5.96 Å². The lowest BCUT2D eigenvalue weighted by atomic mass is 10.0. The third-order valence-corrected chi connectivity index (χ3v) is 4.67. The molecule has 0 aliphatic carbocycles. The fourth-order valence-electron chi connectivity index (χ4n) is 2.77. The summed E-state index contributed by atoms with van der Waals surface area (Å²) in [6.45, 7) is 3.93. The lowest BCUT2D eigenvalue weighted by Crippen LogP contribution is -2.36. The summed E-state index contributed by atoms with van der Waals surface area (Å²) in [6, 6.07) is 22.4. The number of alkyl carbamates (subject to hydrolysis) is 1. The predicted molar refractivity (Wildman–Crippen MR) is 128 cm³/mol. The second-order valence-corrected chi connectivity index (χ2v) is 7.18. The highest BCUT2D eigenvalue weighted by molar-refractivity contribution is 6.30. The molecule has 1 amide bonds. The van der Waals surface area contributed by atoms with Crippen LogP contribution in [0.1, 0.15) is 15.9 Å². The standard InChI is InChI=1S/C25H22ClN3O3/c1-2-15-32-25(31)29-24(28-23-13-5-19(17-30)6-14-23)27-16-18-3-7-20(8-4-18)21-9-11-22(26)12-10-21/h2-14,17H,1,15-16H2,(H2,27,28,29,31). The van der Waals surface area contributed by atoms with Gasteiger partial charge in [-0.1, -0.05) is 60.7 Å². The Bertz CT molecular complexity index is 1090. The summed E-state index contributed by atoms with van der Waals surface area (Å²) < 4.78 is 4.98. The summed E-state index contributed by atoms with van der Waals surface area (Å²) in [5, 5.41) is 6.32. The maximum Gasteiger partial charge on any atom is 0.414 e. The van der Waals surface area contributed by atoms with Crippen LogP contribution in [-0.2, 0) is 11.3 Å². The molecule has 0 radical (unpaired) electrons. The van der Waals surface area contributed by atoms with Gasteiger partial charge >= 0.3 is 6.09 Å². The third kappa shape index (κ3) is 6.82. The van der Waals surface area contributed by atoms with Crippen LogP contribution in [0, 0.1) is 0 Å². The van der Waals surface area contributed by atoms with Crippen LogP contribution >= 0.6 is 11.6 Å². The summed E-state index contributed by atoms with van der Waals surface area (Å²) in [6.07, 6.45) is 1.58. The monoisotopic (exact) mass is 447 g/mol. The Labute approximate surface area is 191 Å². The zero-order chi connectivity index (χ0) is 22.8. The van der Waals surface area contributed by atoms with Gasteiger partial charge in [-0.2, -0.15) is 0 Å². The maximum absolute atomic E-state index is 12.0. The van der Waals surface area contributed by atoms with Crippen molar-refractivity contribution in [2.75, 3.05) is 11.9 Å². The Morgan fingerprint density at radius 2 is 1.59 bits per heavy atom. The first-order valence-electron chi connectivity index (χ1n) is 9.83. The predicted octanol–water partition coefficient (Wildman–Crippen LogP) is 5.70. The number of aldehydes is 1. The molecule has 0 bridgehead atoms. The molecule has 0 spiro atoms. The summed E-state index contributed by atoms with van der Waals surface area (Å²) >= 11 is 5.95. The number of amides is 1. The van der Waals surface area contributed by atoms with Crippen LogP contribution in [0.15, 0.2) is 90.4 Å². The van der Waals surface area contributed by atoms with E-state index < -0.39 is 6.09 Å². The van der Waals surface area contributed by atoms with E-state index in [1.54, 1.807) is 24.3 Å². The van der Waals surface area contributed by atoms with E-state index in [1.165, 1.54) is 6.08 Å². The Balaban J connectivity index is 1.72. The molecule has 0 unspecified atom stereocenters. The summed E-state index contributed by atoms with van der Waals surface area (Å²) in [5.41, 5.74) is 4.30. The molecule has 7 heteroatoms. The molecule has 0 aliphatic heterocycles. The highest BCUT2D eigenvalue weighted by Gasteiger charge is 2.08. The molecule has 0 saturated carbocycles. The van der Waals surface area contributed by atoms with Gasteiger partial charge in [-0.25, -0.2) is 9.79 Å². The highest BCUT2D eigenvalue weighted by atomic mass is 35.5. The smallest absolute Gasteiger partial charge is 0.414 e. The van der Waals surface area contributed by atoms with Crippen LogP contribution in [0.3, 0.4) is 0 Å². The second kappa shape index (κ2) is 11.5. The van der Waals surface area contributed by atoms with E-state index in [0.29, 0.717) is 22.8 Å². The van der Waals surface area contributed by atoms with E-state index in [2.05, 4.69) is 22.2 Å². The number of ether oxygens (including phenoxy) is 1. The molecule has 0 fully saturated rings. The number of rotatable bonds is 7. The number of aliphatic imine (C=N–C) groups is 1. The van der Waals surface area contributed by atoms with E-state index in [-0.39, 0.29) is 12.6 Å². The van der Waals surface area contributed by atoms with Gasteiger partial charge < -0.3 is 10.1 Å². The number of hydrogen-bond acceptors (Lipinski definition) is 4. The molecule has 3 aromatic rings. The zero-order valence-electron chi connectivity index (χ0n) is 17.3. The molecule has 32 heavy (non-hydrogen) atoms. The Morgan fingerprint density at radius 1 is 0.969 bits per heavy atom. The average molecular weight is 448 g/mol. The minimum absolute atomic E-state index is 0.0826. The van der Waals surface area contributed by atoms with E-state index in [0.717, 1.165) is 23.0 Å². The molecule has 0 saturated heterocycles. The van der Waals surface area contributed by atoms with Crippen molar-refractivity contribution >= 4 is 35.6 Å². The minimum atomic E-state index is -0.654. The molecule has 0 aliphatic rings. The van der Waals surface area contributed by atoms with Crippen LogP contribution in [-0.4, -0.2) is 24.9 Å². The number of guanidine groups is 1. The zero-order valence-corrected chi connectivity index (χ0v) is 18.0. The second-order valence-electron chi connectivity index (χ2n) is 6.75. The number of anilines is 1. The number of benzene rings is 3. The number of nitrogens with zero attached hydrogens (tertiary/aromatic N) is 1. The van der Waals surface area contributed by atoms with Gasteiger partial charge in [0.25, 0.3) is 0 Å². The Kier molecular flexibility index (Phi) is 8.17. The fourth-order valence-corrected chi connectivity index (χ4v) is 2.90. The van der Waals surface area contributed by atoms with Gasteiger partial charge in [0.1, 0.15) is 12.9 Å². The lowest BCUT2D eigenvalue weighted by molar-refractivity contribution is 0.112. The van der Waals surface area contributed by atoms with Crippen molar-refractivity contribution in [3.8, 4) is 11.1 Å². The normalized spacial score (nSPS) is 10.8. The largest absolute Gasteiger partial charge is 0.445 e.